The topological polar surface area (TPSA) is 142 Å². The summed E-state index contributed by atoms with van der Waals surface area (Å²) in [6, 6.07) is 2.12. The van der Waals surface area contributed by atoms with E-state index in [1.54, 1.807) is 0 Å². The SMILES string of the molecule is NC(=O)Cn1cc(-c2cc(Cl)ncc2OC(F)F)c(C(=O)Nc2nnc(C#CC3CC3)s2)cc1=O. The van der Waals surface area contributed by atoms with Gasteiger partial charge in [-0.15, -0.1) is 10.2 Å². The lowest BCUT2D eigenvalue weighted by atomic mass is 10.0. The molecule has 4 rings (SSSR count). The predicted octanol–water partition coefficient (Wildman–Crippen LogP) is 2.52. The Morgan fingerprint density at radius 1 is 1.31 bits per heavy atom. The van der Waals surface area contributed by atoms with Crippen molar-refractivity contribution in [2.45, 2.75) is 26.0 Å². The van der Waals surface area contributed by atoms with Crippen LogP contribution in [0.15, 0.2) is 29.3 Å². The number of hydrogen-bond donors (Lipinski definition) is 2. The van der Waals surface area contributed by atoms with Crippen molar-refractivity contribution >= 4 is 39.9 Å². The number of halogens is 3. The summed E-state index contributed by atoms with van der Waals surface area (Å²) in [6.45, 7) is -3.72. The molecule has 1 aliphatic carbocycles. The van der Waals surface area contributed by atoms with Gasteiger partial charge >= 0.3 is 6.61 Å². The molecule has 2 amide bonds. The first kappa shape index (κ1) is 24.2. The van der Waals surface area contributed by atoms with E-state index in [1.807, 2.05) is 0 Å². The fraction of sp³-hybridized carbons (Fsp3) is 0.238. The first-order chi connectivity index (χ1) is 16.7. The van der Waals surface area contributed by atoms with Gasteiger partial charge in [0.15, 0.2) is 10.8 Å². The first-order valence-electron chi connectivity index (χ1n) is 9.99. The van der Waals surface area contributed by atoms with Crippen LogP contribution in [0.4, 0.5) is 13.9 Å². The molecule has 1 fully saturated rings. The number of carbonyl (C=O) groups is 2. The summed E-state index contributed by atoms with van der Waals surface area (Å²) in [7, 11) is 0. The summed E-state index contributed by atoms with van der Waals surface area (Å²) < 4.78 is 31.4. The molecule has 3 heterocycles. The average molecular weight is 521 g/mol. The fourth-order valence-corrected chi connectivity index (χ4v) is 3.72. The molecule has 35 heavy (non-hydrogen) atoms. The Morgan fingerprint density at radius 2 is 2.09 bits per heavy atom. The summed E-state index contributed by atoms with van der Waals surface area (Å²) in [5.41, 5.74) is 4.13. The molecule has 180 valence electrons. The number of alkyl halides is 2. The second-order valence-electron chi connectivity index (χ2n) is 7.33. The maximum atomic E-state index is 13.1. The van der Waals surface area contributed by atoms with E-state index < -0.39 is 36.3 Å². The maximum absolute atomic E-state index is 13.1. The van der Waals surface area contributed by atoms with Crippen LogP contribution in [0.25, 0.3) is 11.1 Å². The number of anilines is 1. The van der Waals surface area contributed by atoms with Crippen LogP contribution in [0.5, 0.6) is 5.75 Å². The Balaban J connectivity index is 1.75. The average Bonchev–Trinajstić information content (AvgIpc) is 3.52. The molecule has 14 heteroatoms. The molecule has 1 aliphatic rings. The highest BCUT2D eigenvalue weighted by atomic mass is 35.5. The highest BCUT2D eigenvalue weighted by molar-refractivity contribution is 7.15. The molecule has 0 radical (unpaired) electrons. The molecule has 0 aliphatic heterocycles. The van der Waals surface area contributed by atoms with Gasteiger partial charge in [-0.1, -0.05) is 28.9 Å². The van der Waals surface area contributed by atoms with Crippen molar-refractivity contribution in [3.05, 3.63) is 50.6 Å². The third kappa shape index (κ3) is 6.17. The van der Waals surface area contributed by atoms with Gasteiger partial charge in [-0.25, -0.2) is 4.98 Å². The van der Waals surface area contributed by atoms with Crippen molar-refractivity contribution in [3.8, 4) is 28.7 Å². The molecule has 0 saturated heterocycles. The number of aromatic nitrogens is 4. The van der Waals surface area contributed by atoms with E-state index >= 15 is 0 Å². The van der Waals surface area contributed by atoms with Crippen LogP contribution in [0.1, 0.15) is 28.2 Å². The minimum atomic E-state index is -3.21. The molecular formula is C21H15ClF2N6O4S. The van der Waals surface area contributed by atoms with Crippen LogP contribution >= 0.6 is 22.9 Å². The quantitative estimate of drug-likeness (QED) is 0.360. The maximum Gasteiger partial charge on any atom is 0.387 e. The van der Waals surface area contributed by atoms with Crippen molar-refractivity contribution in [1.29, 1.82) is 0 Å². The van der Waals surface area contributed by atoms with E-state index in [2.05, 4.69) is 37.1 Å². The second kappa shape index (κ2) is 10.2. The number of rotatable bonds is 7. The van der Waals surface area contributed by atoms with Crippen molar-refractivity contribution in [2.75, 3.05) is 5.32 Å². The molecule has 3 aromatic rings. The van der Waals surface area contributed by atoms with Gasteiger partial charge in [0.2, 0.25) is 11.0 Å². The lowest BCUT2D eigenvalue weighted by molar-refractivity contribution is -0.118. The molecule has 0 unspecified atom stereocenters. The monoisotopic (exact) mass is 520 g/mol. The van der Waals surface area contributed by atoms with Gasteiger partial charge in [-0.3, -0.25) is 19.7 Å². The van der Waals surface area contributed by atoms with Crippen molar-refractivity contribution in [1.82, 2.24) is 19.7 Å². The Labute approximate surface area is 205 Å². The summed E-state index contributed by atoms with van der Waals surface area (Å²) in [4.78, 5) is 40.8. The normalized spacial score (nSPS) is 12.7. The van der Waals surface area contributed by atoms with E-state index in [4.69, 9.17) is 17.3 Å². The van der Waals surface area contributed by atoms with Crippen LogP contribution < -0.4 is 21.3 Å². The van der Waals surface area contributed by atoms with E-state index in [1.165, 1.54) is 6.07 Å². The smallest absolute Gasteiger partial charge is 0.387 e. The Kier molecular flexibility index (Phi) is 7.04. The van der Waals surface area contributed by atoms with Crippen LogP contribution in [0.3, 0.4) is 0 Å². The summed E-state index contributed by atoms with van der Waals surface area (Å²) in [5, 5.41) is 10.7. The summed E-state index contributed by atoms with van der Waals surface area (Å²) in [6.07, 6.45) is 4.15. The molecule has 3 N–H and O–H groups in total. The van der Waals surface area contributed by atoms with Crippen LogP contribution in [0, 0.1) is 17.8 Å². The Bertz CT molecular complexity index is 1430. The Hall–Kier alpha value is -3.89. The highest BCUT2D eigenvalue weighted by Crippen LogP contribution is 2.34. The number of nitrogens with zero attached hydrogens (tertiary/aromatic N) is 4. The minimum Gasteiger partial charge on any atom is -0.433 e. The molecule has 0 spiro atoms. The lowest BCUT2D eigenvalue weighted by Crippen LogP contribution is -2.29. The largest absolute Gasteiger partial charge is 0.433 e. The molecule has 0 aromatic carbocycles. The molecule has 0 bridgehead atoms. The number of nitrogens with one attached hydrogen (secondary N) is 1. The van der Waals surface area contributed by atoms with Gasteiger partial charge in [0.1, 0.15) is 11.7 Å². The zero-order chi connectivity index (χ0) is 25.1. The number of carbonyl (C=O) groups excluding carboxylic acids is 2. The second-order valence-corrected chi connectivity index (χ2v) is 8.69. The molecular weight excluding hydrogens is 506 g/mol. The lowest BCUT2D eigenvalue weighted by Gasteiger charge is -2.15. The predicted molar refractivity (Wildman–Crippen MR) is 122 cm³/mol. The number of nitrogens with two attached hydrogens (primary N) is 1. The standard InChI is InChI=1S/C21H15ClF2N6O4S/c22-15-5-11(14(7-26-15)34-20(23)24)13-8-30(9-16(25)31)18(32)6-12(13)19(33)27-21-29-28-17(35-21)4-3-10-1-2-10/h5-8,10,20H,1-2,9H2,(H2,25,31)(H,27,29,33). The summed E-state index contributed by atoms with van der Waals surface area (Å²) in [5.74, 6) is 4.23. The van der Waals surface area contributed by atoms with E-state index in [0.29, 0.717) is 10.9 Å². The zero-order valence-corrected chi connectivity index (χ0v) is 19.2. The van der Waals surface area contributed by atoms with Gasteiger partial charge in [0.25, 0.3) is 11.5 Å². The van der Waals surface area contributed by atoms with Gasteiger partial charge in [-0.2, -0.15) is 8.78 Å². The van der Waals surface area contributed by atoms with Gasteiger partial charge in [0, 0.05) is 29.3 Å². The highest BCUT2D eigenvalue weighted by Gasteiger charge is 2.22. The molecule has 10 nitrogen and oxygen atoms in total. The molecule has 3 aromatic heterocycles. The fourth-order valence-electron chi connectivity index (χ4n) is 2.96. The van der Waals surface area contributed by atoms with Gasteiger partial charge in [-0.05, 0) is 24.8 Å². The zero-order valence-electron chi connectivity index (χ0n) is 17.6. The molecule has 1 saturated carbocycles. The van der Waals surface area contributed by atoms with Crippen LogP contribution in [-0.2, 0) is 11.3 Å². The third-order valence-corrected chi connectivity index (χ3v) is 5.60. The van der Waals surface area contributed by atoms with Crippen molar-refractivity contribution < 1.29 is 23.1 Å². The van der Waals surface area contributed by atoms with E-state index in [0.717, 1.165) is 47.2 Å². The number of hydrogen-bond acceptors (Lipinski definition) is 8. The van der Waals surface area contributed by atoms with Crippen LogP contribution in [-0.4, -0.2) is 38.2 Å². The van der Waals surface area contributed by atoms with Gasteiger partial charge < -0.3 is 15.0 Å². The minimum absolute atomic E-state index is 0.0402. The van der Waals surface area contributed by atoms with Crippen molar-refractivity contribution in [2.24, 2.45) is 11.7 Å². The van der Waals surface area contributed by atoms with E-state index in [9.17, 15) is 23.2 Å². The molecule has 0 atom stereocenters. The number of primary amides is 1. The number of ether oxygens (including phenoxy) is 1. The first-order valence-corrected chi connectivity index (χ1v) is 11.2. The Morgan fingerprint density at radius 3 is 2.77 bits per heavy atom. The number of amides is 2. The van der Waals surface area contributed by atoms with Gasteiger partial charge in [0.05, 0.1) is 11.8 Å². The van der Waals surface area contributed by atoms with Crippen molar-refractivity contribution in [3.63, 3.8) is 0 Å². The number of pyridine rings is 2. The third-order valence-electron chi connectivity index (χ3n) is 4.64. The van der Waals surface area contributed by atoms with Crippen LogP contribution in [0.2, 0.25) is 5.15 Å². The summed E-state index contributed by atoms with van der Waals surface area (Å²) >= 11 is 6.98. The van der Waals surface area contributed by atoms with E-state index in [-0.39, 0.29) is 27.0 Å².